The molecule has 2 rings (SSSR count). The van der Waals surface area contributed by atoms with Crippen molar-refractivity contribution in [3.63, 3.8) is 0 Å². The highest BCUT2D eigenvalue weighted by molar-refractivity contribution is 5.23. The zero-order valence-electron chi connectivity index (χ0n) is 12.2. The van der Waals surface area contributed by atoms with Crippen molar-refractivity contribution >= 4 is 0 Å². The van der Waals surface area contributed by atoms with Crippen molar-refractivity contribution in [2.45, 2.75) is 25.9 Å². The van der Waals surface area contributed by atoms with Crippen LogP contribution in [0, 0.1) is 5.92 Å². The lowest BCUT2D eigenvalue weighted by atomic mass is 9.94. The van der Waals surface area contributed by atoms with Crippen LogP contribution in [-0.2, 0) is 0 Å². The summed E-state index contributed by atoms with van der Waals surface area (Å²) in [5, 5.41) is 13.3. The Balaban J connectivity index is 2.19. The van der Waals surface area contributed by atoms with Gasteiger partial charge in [0.2, 0.25) is 0 Å². The maximum absolute atomic E-state index is 9.69. The van der Waals surface area contributed by atoms with Crippen molar-refractivity contribution in [3.05, 3.63) is 71.8 Å². The van der Waals surface area contributed by atoms with Crippen LogP contribution in [0.4, 0.5) is 0 Å². The average molecular weight is 269 g/mol. The molecular formula is C18H23NO. The second-order valence-corrected chi connectivity index (χ2v) is 5.44. The van der Waals surface area contributed by atoms with Gasteiger partial charge in [0.25, 0.3) is 0 Å². The molecule has 0 aromatic heterocycles. The quantitative estimate of drug-likeness (QED) is 0.838. The van der Waals surface area contributed by atoms with Crippen LogP contribution in [0.15, 0.2) is 60.7 Å². The van der Waals surface area contributed by atoms with Crippen LogP contribution in [0.25, 0.3) is 0 Å². The minimum atomic E-state index is -0.0381. The van der Waals surface area contributed by atoms with Gasteiger partial charge in [-0.2, -0.15) is 0 Å². The lowest BCUT2D eigenvalue weighted by molar-refractivity contribution is 0.221. The fourth-order valence-electron chi connectivity index (χ4n) is 2.49. The molecule has 0 radical (unpaired) electrons. The molecule has 0 spiro atoms. The Morgan fingerprint density at radius 3 is 1.80 bits per heavy atom. The number of hydrogen-bond acceptors (Lipinski definition) is 2. The monoisotopic (exact) mass is 269 g/mol. The van der Waals surface area contributed by atoms with Crippen LogP contribution >= 0.6 is 0 Å². The molecule has 2 atom stereocenters. The number of benzene rings is 2. The van der Waals surface area contributed by atoms with E-state index in [4.69, 9.17) is 0 Å². The summed E-state index contributed by atoms with van der Waals surface area (Å²) in [5.41, 5.74) is 2.38. The molecule has 0 saturated heterocycles. The van der Waals surface area contributed by atoms with E-state index in [2.05, 4.69) is 55.6 Å². The van der Waals surface area contributed by atoms with Gasteiger partial charge in [-0.3, -0.25) is 0 Å². The van der Waals surface area contributed by atoms with Crippen molar-refractivity contribution in [1.29, 1.82) is 0 Å². The highest BCUT2D eigenvalue weighted by atomic mass is 16.3. The molecule has 0 aliphatic rings. The van der Waals surface area contributed by atoms with Gasteiger partial charge in [-0.15, -0.1) is 0 Å². The second kappa shape index (κ2) is 7.22. The molecule has 0 aliphatic carbocycles. The third kappa shape index (κ3) is 3.69. The smallest absolute Gasteiger partial charge is 0.0626 e. The predicted molar refractivity (Wildman–Crippen MR) is 83.4 cm³/mol. The molecule has 0 bridgehead atoms. The third-order valence-corrected chi connectivity index (χ3v) is 3.59. The molecule has 2 aromatic carbocycles. The van der Waals surface area contributed by atoms with Crippen LogP contribution in [0.3, 0.4) is 0 Å². The first-order chi connectivity index (χ1) is 9.72. The Bertz CT molecular complexity index is 495. The number of hydrogen-bond donors (Lipinski definition) is 2. The molecule has 106 valence electrons. The van der Waals surface area contributed by atoms with Gasteiger partial charge in [0.05, 0.1) is 12.6 Å². The fourth-order valence-corrected chi connectivity index (χ4v) is 2.49. The van der Waals surface area contributed by atoms with Crippen LogP contribution in [0.5, 0.6) is 0 Å². The molecule has 0 heterocycles. The van der Waals surface area contributed by atoms with E-state index < -0.39 is 0 Å². The molecule has 0 aliphatic heterocycles. The van der Waals surface area contributed by atoms with Crippen molar-refractivity contribution in [1.82, 2.24) is 5.32 Å². The van der Waals surface area contributed by atoms with E-state index in [9.17, 15) is 5.11 Å². The van der Waals surface area contributed by atoms with Crippen LogP contribution in [0.1, 0.15) is 37.1 Å². The van der Waals surface area contributed by atoms with Gasteiger partial charge in [0, 0.05) is 6.04 Å². The number of nitrogens with one attached hydrogen (secondary N) is 1. The van der Waals surface area contributed by atoms with E-state index in [0.29, 0.717) is 5.92 Å². The standard InChI is InChI=1S/C18H23NO/c1-14(2)18(16-11-7-4-8-12-16)19-17(13-20)15-9-5-3-6-10-15/h3-12,14,17-20H,13H2,1-2H3/t17-,18?/m0/s1. The summed E-state index contributed by atoms with van der Waals surface area (Å²) in [5.74, 6) is 0.454. The molecule has 2 nitrogen and oxygen atoms in total. The molecule has 0 saturated carbocycles. The van der Waals surface area contributed by atoms with E-state index >= 15 is 0 Å². The molecule has 2 heteroatoms. The van der Waals surface area contributed by atoms with E-state index in [-0.39, 0.29) is 18.7 Å². The van der Waals surface area contributed by atoms with Gasteiger partial charge in [0.15, 0.2) is 0 Å². The summed E-state index contributed by atoms with van der Waals surface area (Å²) < 4.78 is 0. The first kappa shape index (κ1) is 14.8. The van der Waals surface area contributed by atoms with Crippen molar-refractivity contribution < 1.29 is 5.11 Å². The molecular weight excluding hydrogens is 246 g/mol. The van der Waals surface area contributed by atoms with Gasteiger partial charge in [0.1, 0.15) is 0 Å². The Morgan fingerprint density at radius 2 is 1.35 bits per heavy atom. The van der Waals surface area contributed by atoms with Crippen LogP contribution < -0.4 is 5.32 Å². The SMILES string of the molecule is CC(C)C(N[C@@H](CO)c1ccccc1)c1ccccc1. The summed E-state index contributed by atoms with van der Waals surface area (Å²) in [6.07, 6.45) is 0. The number of aliphatic hydroxyl groups excluding tert-OH is 1. The lowest BCUT2D eigenvalue weighted by Gasteiger charge is -2.28. The Kier molecular flexibility index (Phi) is 5.33. The first-order valence-electron chi connectivity index (χ1n) is 7.19. The van der Waals surface area contributed by atoms with E-state index in [1.54, 1.807) is 0 Å². The highest BCUT2D eigenvalue weighted by Crippen LogP contribution is 2.25. The topological polar surface area (TPSA) is 32.3 Å². The van der Waals surface area contributed by atoms with Gasteiger partial charge in [-0.25, -0.2) is 0 Å². The van der Waals surface area contributed by atoms with E-state index in [1.165, 1.54) is 5.56 Å². The van der Waals surface area contributed by atoms with Gasteiger partial charge >= 0.3 is 0 Å². The molecule has 0 fully saturated rings. The molecule has 2 N–H and O–H groups in total. The Morgan fingerprint density at radius 1 is 0.850 bits per heavy atom. The van der Waals surface area contributed by atoms with Gasteiger partial charge in [-0.1, -0.05) is 74.5 Å². The van der Waals surface area contributed by atoms with Gasteiger partial charge in [-0.05, 0) is 17.0 Å². The zero-order chi connectivity index (χ0) is 14.4. The van der Waals surface area contributed by atoms with E-state index in [1.807, 2.05) is 24.3 Å². The molecule has 2 aromatic rings. The van der Waals surface area contributed by atoms with Gasteiger partial charge < -0.3 is 10.4 Å². The number of aliphatic hydroxyl groups is 1. The average Bonchev–Trinajstić information content (AvgIpc) is 2.50. The van der Waals surface area contributed by atoms with Crippen molar-refractivity contribution in [2.75, 3.05) is 6.61 Å². The molecule has 20 heavy (non-hydrogen) atoms. The minimum Gasteiger partial charge on any atom is -0.394 e. The summed E-state index contributed by atoms with van der Waals surface area (Å²) >= 11 is 0. The zero-order valence-corrected chi connectivity index (χ0v) is 12.2. The van der Waals surface area contributed by atoms with Crippen LogP contribution in [-0.4, -0.2) is 11.7 Å². The van der Waals surface area contributed by atoms with E-state index in [0.717, 1.165) is 5.56 Å². The Labute approximate surface area is 121 Å². The molecule has 0 amide bonds. The summed E-state index contributed by atoms with van der Waals surface area (Å²) in [4.78, 5) is 0. The summed E-state index contributed by atoms with van der Waals surface area (Å²) in [7, 11) is 0. The van der Waals surface area contributed by atoms with Crippen LogP contribution in [0.2, 0.25) is 0 Å². The third-order valence-electron chi connectivity index (χ3n) is 3.59. The molecule has 1 unspecified atom stereocenters. The lowest BCUT2D eigenvalue weighted by Crippen LogP contribution is -2.31. The van der Waals surface area contributed by atoms with Crippen molar-refractivity contribution in [2.24, 2.45) is 5.92 Å². The maximum atomic E-state index is 9.69. The normalized spacial score (nSPS) is 14.2. The fraction of sp³-hybridized carbons (Fsp3) is 0.333. The maximum Gasteiger partial charge on any atom is 0.0626 e. The number of rotatable bonds is 6. The largest absolute Gasteiger partial charge is 0.394 e. The predicted octanol–water partition coefficient (Wildman–Crippen LogP) is 3.71. The second-order valence-electron chi connectivity index (χ2n) is 5.44. The highest BCUT2D eigenvalue weighted by Gasteiger charge is 2.20. The Hall–Kier alpha value is -1.64. The summed E-state index contributed by atoms with van der Waals surface area (Å²) in [6.45, 7) is 4.49. The van der Waals surface area contributed by atoms with Crippen molar-refractivity contribution in [3.8, 4) is 0 Å². The minimum absolute atomic E-state index is 0.0381. The summed E-state index contributed by atoms with van der Waals surface area (Å²) in [6, 6.07) is 20.7. The first-order valence-corrected chi connectivity index (χ1v) is 7.19.